The Morgan fingerprint density at radius 2 is 1.83 bits per heavy atom. The SMILES string of the molecule is COc1ccc(-c2csc(NC(=O)COC(=O)Cn3cnc4c3c(=O)n(C)c(=O)n4C)n2)cc1OC. The summed E-state index contributed by atoms with van der Waals surface area (Å²) in [6, 6.07) is 5.34. The summed E-state index contributed by atoms with van der Waals surface area (Å²) in [5, 5.41) is 4.67. The minimum absolute atomic E-state index is 0.0754. The van der Waals surface area contributed by atoms with E-state index >= 15 is 0 Å². The fourth-order valence-corrected chi connectivity index (χ4v) is 4.20. The molecular weight excluding hydrogens is 492 g/mol. The molecule has 0 aliphatic heterocycles. The van der Waals surface area contributed by atoms with Crippen LogP contribution in [0, 0.1) is 0 Å². The van der Waals surface area contributed by atoms with E-state index in [0.717, 1.165) is 10.1 Å². The minimum atomic E-state index is -0.759. The van der Waals surface area contributed by atoms with Crippen LogP contribution in [0.5, 0.6) is 11.5 Å². The molecule has 0 bridgehead atoms. The summed E-state index contributed by atoms with van der Waals surface area (Å²) in [6.45, 7) is -0.912. The maximum atomic E-state index is 12.5. The molecule has 188 valence electrons. The van der Waals surface area contributed by atoms with Gasteiger partial charge in [0.25, 0.3) is 11.5 Å². The molecule has 4 aromatic rings. The topological polar surface area (TPSA) is 149 Å². The molecule has 1 amide bonds. The Labute approximate surface area is 207 Å². The summed E-state index contributed by atoms with van der Waals surface area (Å²) in [6.07, 6.45) is 1.26. The monoisotopic (exact) mass is 514 g/mol. The van der Waals surface area contributed by atoms with Crippen molar-refractivity contribution in [3.05, 3.63) is 50.7 Å². The van der Waals surface area contributed by atoms with Gasteiger partial charge >= 0.3 is 11.7 Å². The summed E-state index contributed by atoms with van der Waals surface area (Å²) in [4.78, 5) is 57.5. The molecule has 0 fully saturated rings. The number of carbonyl (C=O) groups excluding carboxylic acids is 2. The van der Waals surface area contributed by atoms with E-state index in [9.17, 15) is 19.2 Å². The number of amides is 1. The second-order valence-corrected chi connectivity index (χ2v) is 8.43. The number of imidazole rings is 1. The first-order chi connectivity index (χ1) is 17.2. The number of fused-ring (bicyclic) bond motifs is 1. The molecule has 0 spiro atoms. The Morgan fingerprint density at radius 3 is 2.56 bits per heavy atom. The van der Waals surface area contributed by atoms with Crippen molar-refractivity contribution in [3.8, 4) is 22.8 Å². The number of aryl methyl sites for hydroxylation is 1. The second kappa shape index (κ2) is 10.0. The average Bonchev–Trinajstić information content (AvgIpc) is 3.52. The minimum Gasteiger partial charge on any atom is -0.493 e. The van der Waals surface area contributed by atoms with Gasteiger partial charge in [0.15, 0.2) is 34.4 Å². The predicted molar refractivity (Wildman–Crippen MR) is 130 cm³/mol. The van der Waals surface area contributed by atoms with Crippen LogP contribution >= 0.6 is 11.3 Å². The van der Waals surface area contributed by atoms with E-state index in [-0.39, 0.29) is 17.7 Å². The van der Waals surface area contributed by atoms with Gasteiger partial charge < -0.3 is 18.8 Å². The lowest BCUT2D eigenvalue weighted by atomic mass is 10.1. The van der Waals surface area contributed by atoms with E-state index in [2.05, 4.69) is 15.3 Å². The van der Waals surface area contributed by atoms with E-state index in [4.69, 9.17) is 14.2 Å². The summed E-state index contributed by atoms with van der Waals surface area (Å²) in [7, 11) is 5.88. The van der Waals surface area contributed by atoms with Gasteiger partial charge in [0.2, 0.25) is 0 Å². The van der Waals surface area contributed by atoms with E-state index in [1.807, 2.05) is 6.07 Å². The number of anilines is 1. The van der Waals surface area contributed by atoms with E-state index in [1.54, 1.807) is 24.6 Å². The molecule has 36 heavy (non-hydrogen) atoms. The Balaban J connectivity index is 1.37. The van der Waals surface area contributed by atoms with E-state index in [1.165, 1.54) is 48.0 Å². The number of rotatable bonds is 8. The Morgan fingerprint density at radius 1 is 1.08 bits per heavy atom. The normalized spacial score (nSPS) is 10.9. The molecule has 0 radical (unpaired) electrons. The van der Waals surface area contributed by atoms with Crippen LogP contribution in [0.3, 0.4) is 0 Å². The first kappa shape index (κ1) is 24.7. The first-order valence-electron chi connectivity index (χ1n) is 10.5. The van der Waals surface area contributed by atoms with Gasteiger partial charge in [-0.15, -0.1) is 11.3 Å². The number of nitrogens with zero attached hydrogens (tertiary/aromatic N) is 5. The fourth-order valence-electron chi connectivity index (χ4n) is 3.46. The third-order valence-corrected chi connectivity index (χ3v) is 6.07. The Bertz CT molecular complexity index is 1580. The molecule has 13 nitrogen and oxygen atoms in total. The van der Waals surface area contributed by atoms with Crippen molar-refractivity contribution >= 4 is 39.5 Å². The van der Waals surface area contributed by atoms with Crippen molar-refractivity contribution in [2.45, 2.75) is 6.54 Å². The third-order valence-electron chi connectivity index (χ3n) is 5.31. The first-order valence-corrected chi connectivity index (χ1v) is 11.4. The zero-order valence-corrected chi connectivity index (χ0v) is 20.6. The van der Waals surface area contributed by atoms with Crippen LogP contribution in [-0.2, 0) is 35.0 Å². The lowest BCUT2D eigenvalue weighted by Crippen LogP contribution is -2.37. The number of hydrogen-bond donors (Lipinski definition) is 1. The third kappa shape index (κ3) is 4.70. The zero-order chi connectivity index (χ0) is 26.0. The molecule has 0 aliphatic carbocycles. The number of ether oxygens (including phenoxy) is 3. The van der Waals surface area contributed by atoms with Crippen LogP contribution in [0.2, 0.25) is 0 Å². The number of aromatic nitrogens is 5. The number of esters is 1. The number of hydrogen-bond acceptors (Lipinski definition) is 10. The highest BCUT2D eigenvalue weighted by Crippen LogP contribution is 2.33. The number of nitrogens with one attached hydrogen (secondary N) is 1. The van der Waals surface area contributed by atoms with Crippen molar-refractivity contribution in [2.24, 2.45) is 14.1 Å². The summed E-state index contributed by atoms with van der Waals surface area (Å²) >= 11 is 1.21. The molecule has 1 N–H and O–H groups in total. The standard InChI is InChI=1S/C22H22N6O7S/c1-26-19-18(20(31)27(2)22(26)32)28(11-23-19)8-17(30)35-9-16(29)25-21-24-13(10-36-21)12-5-6-14(33-3)15(7-12)34-4/h5-7,10-11H,8-9H2,1-4H3,(H,24,25,29). The predicted octanol–water partition coefficient (Wildman–Crippen LogP) is 0.756. The lowest BCUT2D eigenvalue weighted by Gasteiger charge is -2.08. The zero-order valence-electron chi connectivity index (χ0n) is 19.8. The molecule has 0 atom stereocenters. The highest BCUT2D eigenvalue weighted by Gasteiger charge is 2.17. The number of thiazole rings is 1. The van der Waals surface area contributed by atoms with Gasteiger partial charge in [-0.05, 0) is 18.2 Å². The molecular formula is C22H22N6O7S. The van der Waals surface area contributed by atoms with Gasteiger partial charge in [-0.3, -0.25) is 28.8 Å². The number of benzene rings is 1. The largest absolute Gasteiger partial charge is 0.493 e. The molecule has 4 rings (SSSR count). The van der Waals surface area contributed by atoms with Crippen LogP contribution in [0.1, 0.15) is 0 Å². The number of carbonyl (C=O) groups is 2. The molecule has 0 saturated heterocycles. The quantitative estimate of drug-likeness (QED) is 0.336. The Hall–Kier alpha value is -4.46. The van der Waals surface area contributed by atoms with Crippen molar-refractivity contribution < 1.29 is 23.8 Å². The maximum Gasteiger partial charge on any atom is 0.332 e. The van der Waals surface area contributed by atoms with Gasteiger partial charge in [-0.2, -0.15) is 0 Å². The van der Waals surface area contributed by atoms with Crippen molar-refractivity contribution in [1.82, 2.24) is 23.7 Å². The van der Waals surface area contributed by atoms with Crippen LogP contribution in [-0.4, -0.2) is 56.4 Å². The molecule has 3 heterocycles. The molecule has 14 heteroatoms. The van der Waals surface area contributed by atoms with Gasteiger partial charge in [-0.25, -0.2) is 14.8 Å². The second-order valence-electron chi connectivity index (χ2n) is 7.57. The summed E-state index contributed by atoms with van der Waals surface area (Å²) in [5.74, 6) is -0.206. The van der Waals surface area contributed by atoms with E-state index in [0.29, 0.717) is 22.3 Å². The molecule has 0 saturated carbocycles. The van der Waals surface area contributed by atoms with Gasteiger partial charge in [0, 0.05) is 25.0 Å². The van der Waals surface area contributed by atoms with Gasteiger partial charge in [0.05, 0.1) is 26.2 Å². The van der Waals surface area contributed by atoms with Crippen molar-refractivity contribution in [2.75, 3.05) is 26.1 Å². The smallest absolute Gasteiger partial charge is 0.332 e. The fraction of sp³-hybridized carbons (Fsp3) is 0.273. The maximum absolute atomic E-state index is 12.5. The highest BCUT2D eigenvalue weighted by atomic mass is 32.1. The van der Waals surface area contributed by atoms with Gasteiger partial charge in [0.1, 0.15) is 6.54 Å². The summed E-state index contributed by atoms with van der Waals surface area (Å²) in [5.41, 5.74) is 0.482. The Kier molecular flexibility index (Phi) is 6.87. The van der Waals surface area contributed by atoms with Crippen molar-refractivity contribution in [1.29, 1.82) is 0 Å². The number of methoxy groups -OCH3 is 2. The molecule has 1 aromatic carbocycles. The van der Waals surface area contributed by atoms with Crippen LogP contribution in [0.25, 0.3) is 22.4 Å². The average molecular weight is 515 g/mol. The summed E-state index contributed by atoms with van der Waals surface area (Å²) < 4.78 is 19.0. The van der Waals surface area contributed by atoms with Gasteiger partial charge in [-0.1, -0.05) is 0 Å². The molecule has 3 aromatic heterocycles. The van der Waals surface area contributed by atoms with Crippen LogP contribution in [0.4, 0.5) is 5.13 Å². The molecule has 0 unspecified atom stereocenters. The highest BCUT2D eigenvalue weighted by molar-refractivity contribution is 7.14. The molecule has 0 aliphatic rings. The van der Waals surface area contributed by atoms with Crippen molar-refractivity contribution in [3.63, 3.8) is 0 Å². The van der Waals surface area contributed by atoms with Crippen LogP contribution < -0.4 is 26.0 Å². The van der Waals surface area contributed by atoms with E-state index < -0.39 is 29.7 Å². The lowest BCUT2D eigenvalue weighted by molar-refractivity contribution is -0.147. The van der Waals surface area contributed by atoms with Crippen LogP contribution in [0.15, 0.2) is 39.5 Å².